The molecule has 10 nitrogen and oxygen atoms in total. The lowest BCUT2D eigenvalue weighted by atomic mass is 10.1. The van der Waals surface area contributed by atoms with Crippen molar-refractivity contribution >= 4 is 23.9 Å². The Morgan fingerprint density at radius 3 is 1.27 bits per heavy atom. The van der Waals surface area contributed by atoms with E-state index >= 15 is 0 Å². The van der Waals surface area contributed by atoms with Crippen molar-refractivity contribution in [2.75, 3.05) is 0 Å². The first kappa shape index (κ1) is 19.8. The molecule has 0 amide bonds. The Morgan fingerprint density at radius 2 is 1.09 bits per heavy atom. The van der Waals surface area contributed by atoms with Gasteiger partial charge < -0.3 is 20.4 Å². The fourth-order valence-corrected chi connectivity index (χ4v) is 1.65. The first-order chi connectivity index (χ1) is 10.0. The highest BCUT2D eigenvalue weighted by Gasteiger charge is 2.30. The molecule has 0 rings (SSSR count). The van der Waals surface area contributed by atoms with E-state index in [1.165, 1.54) is 0 Å². The van der Waals surface area contributed by atoms with Gasteiger partial charge in [-0.1, -0.05) is 13.8 Å². The average Bonchev–Trinajstić information content (AvgIpc) is 2.33. The third-order valence-electron chi connectivity index (χ3n) is 2.78. The van der Waals surface area contributed by atoms with Crippen LogP contribution in [0.25, 0.3) is 0 Å². The molecule has 0 spiro atoms. The van der Waals surface area contributed by atoms with Gasteiger partial charge in [0.15, 0.2) is 0 Å². The smallest absolute Gasteiger partial charge is 0.321 e. The van der Waals surface area contributed by atoms with Crippen LogP contribution in [-0.2, 0) is 19.2 Å². The fraction of sp³-hybridized carbons (Fsp3) is 0.667. The number of rotatable bonds is 11. The van der Waals surface area contributed by atoms with Crippen LogP contribution in [0, 0.1) is 5.92 Å². The van der Waals surface area contributed by atoms with E-state index in [9.17, 15) is 19.2 Å². The maximum atomic E-state index is 11.0. The summed E-state index contributed by atoms with van der Waals surface area (Å²) >= 11 is 0. The minimum Gasteiger partial charge on any atom is -0.481 e. The molecule has 0 bridgehead atoms. The Morgan fingerprint density at radius 1 is 0.773 bits per heavy atom. The maximum Gasteiger partial charge on any atom is 0.321 e. The van der Waals surface area contributed by atoms with Crippen LogP contribution < -0.4 is 10.6 Å². The molecule has 126 valence electrons. The van der Waals surface area contributed by atoms with Gasteiger partial charge in [0.05, 0.1) is 19.0 Å². The molecule has 2 atom stereocenters. The van der Waals surface area contributed by atoms with Gasteiger partial charge in [-0.25, -0.2) is 0 Å². The largest absolute Gasteiger partial charge is 0.481 e. The second-order valence-electron chi connectivity index (χ2n) is 5.03. The molecule has 6 N–H and O–H groups in total. The highest BCUT2D eigenvalue weighted by Crippen LogP contribution is 2.06. The van der Waals surface area contributed by atoms with E-state index in [4.69, 9.17) is 20.4 Å². The van der Waals surface area contributed by atoms with E-state index < -0.39 is 55.0 Å². The van der Waals surface area contributed by atoms with Gasteiger partial charge in [0, 0.05) is 0 Å². The summed E-state index contributed by atoms with van der Waals surface area (Å²) in [6.07, 6.45) is -2.28. The van der Waals surface area contributed by atoms with Gasteiger partial charge in [0.2, 0.25) is 0 Å². The van der Waals surface area contributed by atoms with Crippen LogP contribution in [0.15, 0.2) is 0 Å². The number of carbonyl (C=O) groups is 4. The van der Waals surface area contributed by atoms with E-state index in [0.717, 1.165) is 0 Å². The normalized spacial score (nSPS) is 15.0. The second kappa shape index (κ2) is 8.95. The van der Waals surface area contributed by atoms with E-state index in [2.05, 4.69) is 10.6 Å². The zero-order valence-electron chi connectivity index (χ0n) is 12.1. The molecule has 0 heterocycles. The molecule has 10 heteroatoms. The first-order valence-electron chi connectivity index (χ1n) is 6.45. The van der Waals surface area contributed by atoms with Crippen LogP contribution in [0.5, 0.6) is 0 Å². The van der Waals surface area contributed by atoms with Gasteiger partial charge in [-0.05, 0) is 5.92 Å². The van der Waals surface area contributed by atoms with Crippen LogP contribution in [0.1, 0.15) is 26.7 Å². The summed E-state index contributed by atoms with van der Waals surface area (Å²) < 4.78 is 0. The van der Waals surface area contributed by atoms with Crippen LogP contribution in [-0.4, -0.2) is 62.6 Å². The summed E-state index contributed by atoms with van der Waals surface area (Å²) in [5, 5.41) is 40.3. The van der Waals surface area contributed by atoms with E-state index in [0.29, 0.717) is 0 Å². The number of hydrogen-bond donors (Lipinski definition) is 6. The molecule has 2 unspecified atom stereocenters. The minimum atomic E-state index is -1.43. The standard InChI is InChI=1S/C12H20N2O8/c1-5(2)10(13-6(11(19)20)3-8(15)16)14-7(12(21)22)4-9(17)18/h5-7,10,13-14H,3-4H2,1-2H3,(H,15,16)(H,17,18)(H,19,20)(H,21,22). The van der Waals surface area contributed by atoms with Crippen molar-refractivity contribution < 1.29 is 39.6 Å². The number of aliphatic carboxylic acids is 4. The van der Waals surface area contributed by atoms with Crippen LogP contribution in [0.4, 0.5) is 0 Å². The summed E-state index contributed by atoms with van der Waals surface area (Å²) in [7, 11) is 0. The molecule has 0 fully saturated rings. The first-order valence-corrected chi connectivity index (χ1v) is 6.45. The summed E-state index contributed by atoms with van der Waals surface area (Å²) in [5.41, 5.74) is 0. The van der Waals surface area contributed by atoms with E-state index in [1.807, 2.05) is 0 Å². The average molecular weight is 320 g/mol. The molecule has 0 aliphatic heterocycles. The third-order valence-corrected chi connectivity index (χ3v) is 2.78. The molecule has 0 aromatic carbocycles. The molecule has 0 radical (unpaired) electrons. The van der Waals surface area contributed by atoms with Gasteiger partial charge >= 0.3 is 23.9 Å². The van der Waals surface area contributed by atoms with Crippen molar-refractivity contribution in [1.29, 1.82) is 0 Å². The Bertz CT molecular complexity index is 401. The molecule has 0 aromatic heterocycles. The molecule has 0 saturated heterocycles. The summed E-state index contributed by atoms with van der Waals surface area (Å²) in [4.78, 5) is 43.3. The molecule has 0 aliphatic rings. The van der Waals surface area contributed by atoms with Crippen molar-refractivity contribution in [2.45, 2.75) is 44.9 Å². The van der Waals surface area contributed by atoms with Crippen LogP contribution in [0.2, 0.25) is 0 Å². The molecular weight excluding hydrogens is 300 g/mol. The number of hydrogen-bond acceptors (Lipinski definition) is 6. The Hall–Kier alpha value is -2.20. The van der Waals surface area contributed by atoms with Crippen molar-refractivity contribution in [3.63, 3.8) is 0 Å². The quantitative estimate of drug-likeness (QED) is 0.259. The highest BCUT2D eigenvalue weighted by molar-refractivity contribution is 5.81. The van der Waals surface area contributed by atoms with Crippen molar-refractivity contribution in [2.24, 2.45) is 5.92 Å². The summed E-state index contributed by atoms with van der Waals surface area (Å²) in [6, 6.07) is -2.87. The zero-order valence-corrected chi connectivity index (χ0v) is 12.1. The van der Waals surface area contributed by atoms with Crippen molar-refractivity contribution in [3.8, 4) is 0 Å². The van der Waals surface area contributed by atoms with Crippen LogP contribution >= 0.6 is 0 Å². The van der Waals surface area contributed by atoms with Crippen LogP contribution in [0.3, 0.4) is 0 Å². The molecule has 0 aliphatic carbocycles. The third kappa shape index (κ3) is 7.55. The van der Waals surface area contributed by atoms with Crippen molar-refractivity contribution in [1.82, 2.24) is 10.6 Å². The van der Waals surface area contributed by atoms with E-state index in [-0.39, 0.29) is 5.92 Å². The molecule has 0 saturated carbocycles. The lowest BCUT2D eigenvalue weighted by Gasteiger charge is -2.29. The number of nitrogens with one attached hydrogen (secondary N) is 2. The zero-order chi connectivity index (χ0) is 17.4. The van der Waals surface area contributed by atoms with E-state index in [1.54, 1.807) is 13.8 Å². The Balaban J connectivity index is 5.03. The summed E-state index contributed by atoms with van der Waals surface area (Å²) in [5.74, 6) is -5.78. The highest BCUT2D eigenvalue weighted by atomic mass is 16.4. The molecule has 0 aromatic rings. The number of carboxylic acids is 4. The number of carboxylic acid groups (broad SMARTS) is 4. The Kier molecular flexibility index (Phi) is 8.05. The van der Waals surface area contributed by atoms with Gasteiger partial charge in [0.25, 0.3) is 0 Å². The predicted octanol–water partition coefficient (Wildman–Crippen LogP) is -0.996. The van der Waals surface area contributed by atoms with Gasteiger partial charge in [-0.3, -0.25) is 29.8 Å². The lowest BCUT2D eigenvalue weighted by Crippen LogP contribution is -2.58. The molecular formula is C12H20N2O8. The molecule has 22 heavy (non-hydrogen) atoms. The Labute approximate surface area is 126 Å². The predicted molar refractivity (Wildman–Crippen MR) is 72.3 cm³/mol. The SMILES string of the molecule is CC(C)C(NC(CC(=O)O)C(=O)O)NC(CC(=O)O)C(=O)O. The summed E-state index contributed by atoms with van der Waals surface area (Å²) in [6.45, 7) is 3.29. The second-order valence-corrected chi connectivity index (χ2v) is 5.03. The van der Waals surface area contributed by atoms with Gasteiger partial charge in [0.1, 0.15) is 12.1 Å². The maximum absolute atomic E-state index is 11.0. The lowest BCUT2D eigenvalue weighted by molar-refractivity contribution is -0.147. The topological polar surface area (TPSA) is 173 Å². The monoisotopic (exact) mass is 320 g/mol. The minimum absolute atomic E-state index is 0.314. The fourth-order valence-electron chi connectivity index (χ4n) is 1.65. The van der Waals surface area contributed by atoms with Gasteiger partial charge in [-0.2, -0.15) is 0 Å². The van der Waals surface area contributed by atoms with Crippen molar-refractivity contribution in [3.05, 3.63) is 0 Å². The van der Waals surface area contributed by atoms with Gasteiger partial charge in [-0.15, -0.1) is 0 Å².